The highest BCUT2D eigenvalue weighted by Crippen LogP contribution is 2.46. The van der Waals surface area contributed by atoms with E-state index in [0.717, 1.165) is 22.2 Å². The highest BCUT2D eigenvalue weighted by molar-refractivity contribution is 5.85. The number of aromatic amines is 1. The summed E-state index contributed by atoms with van der Waals surface area (Å²) in [5, 5.41) is 4.04. The zero-order chi connectivity index (χ0) is 23.7. The number of benzene rings is 2. The van der Waals surface area contributed by atoms with Gasteiger partial charge in [0.05, 0.1) is 12.7 Å². The quantitative estimate of drug-likeness (QED) is 0.312. The molecule has 4 nitrogen and oxygen atoms in total. The maximum Gasteiger partial charge on any atom is 0.135 e. The Bertz CT molecular complexity index is 1140. The van der Waals surface area contributed by atoms with Gasteiger partial charge in [0.1, 0.15) is 29.7 Å². The van der Waals surface area contributed by atoms with Crippen LogP contribution in [0.4, 0.5) is 17.6 Å². The number of ether oxygens (including phenoxy) is 1. The maximum absolute atomic E-state index is 15.4. The van der Waals surface area contributed by atoms with Gasteiger partial charge in [0, 0.05) is 53.9 Å². The van der Waals surface area contributed by atoms with Crippen molar-refractivity contribution in [3.8, 4) is 5.75 Å². The molecular formula is C26H29F4N3O. The van der Waals surface area contributed by atoms with Gasteiger partial charge in [0.15, 0.2) is 0 Å². The Kier molecular flexibility index (Phi) is 6.53. The molecule has 0 radical (unpaired) electrons. The number of nitrogens with zero attached hydrogens (tertiary/aromatic N) is 1. The Morgan fingerprint density at radius 3 is 2.62 bits per heavy atom. The van der Waals surface area contributed by atoms with Gasteiger partial charge in [0.25, 0.3) is 0 Å². The molecule has 1 atom stereocenters. The van der Waals surface area contributed by atoms with E-state index in [-0.39, 0.29) is 24.5 Å². The van der Waals surface area contributed by atoms with E-state index >= 15 is 8.78 Å². The number of halogens is 4. The fourth-order valence-electron chi connectivity index (χ4n) is 4.91. The first-order valence-corrected chi connectivity index (χ1v) is 11.9. The third-order valence-electron chi connectivity index (χ3n) is 6.77. The van der Waals surface area contributed by atoms with Crippen LogP contribution in [0.1, 0.15) is 42.1 Å². The van der Waals surface area contributed by atoms with Crippen molar-refractivity contribution < 1.29 is 22.3 Å². The topological polar surface area (TPSA) is 40.3 Å². The van der Waals surface area contributed by atoms with Gasteiger partial charge < -0.3 is 15.0 Å². The van der Waals surface area contributed by atoms with Crippen LogP contribution in [0.15, 0.2) is 36.4 Å². The van der Waals surface area contributed by atoms with Gasteiger partial charge in [-0.15, -0.1) is 0 Å². The van der Waals surface area contributed by atoms with E-state index in [1.165, 1.54) is 12.1 Å². The molecule has 0 bridgehead atoms. The Labute approximate surface area is 196 Å². The van der Waals surface area contributed by atoms with E-state index in [1.54, 1.807) is 0 Å². The second kappa shape index (κ2) is 9.58. The average molecular weight is 476 g/mol. The van der Waals surface area contributed by atoms with Crippen LogP contribution in [-0.4, -0.2) is 55.0 Å². The molecule has 3 aromatic rings. The maximum atomic E-state index is 15.4. The Balaban J connectivity index is 1.45. The monoisotopic (exact) mass is 475 g/mol. The normalized spacial score (nSPS) is 19.4. The predicted molar refractivity (Wildman–Crippen MR) is 124 cm³/mol. The van der Waals surface area contributed by atoms with Crippen LogP contribution >= 0.6 is 0 Å². The summed E-state index contributed by atoms with van der Waals surface area (Å²) in [6.07, 6.45) is 2.05. The number of hydrogen-bond donors (Lipinski definition) is 2. The number of aromatic nitrogens is 1. The lowest BCUT2D eigenvalue weighted by molar-refractivity contribution is 0.135. The third kappa shape index (κ3) is 4.66. The molecule has 2 aliphatic rings. The summed E-state index contributed by atoms with van der Waals surface area (Å²) in [4.78, 5) is 5.23. The van der Waals surface area contributed by atoms with E-state index in [2.05, 4.69) is 10.3 Å². The van der Waals surface area contributed by atoms with Crippen molar-refractivity contribution in [1.82, 2.24) is 15.2 Å². The van der Waals surface area contributed by atoms with E-state index < -0.39 is 30.0 Å². The molecule has 1 fully saturated rings. The highest BCUT2D eigenvalue weighted by atomic mass is 19.1. The molecular weight excluding hydrogens is 446 g/mol. The number of alkyl halides is 2. The number of rotatable bonds is 10. The minimum atomic E-state index is -1.28. The van der Waals surface area contributed by atoms with Crippen molar-refractivity contribution in [2.45, 2.75) is 37.4 Å². The van der Waals surface area contributed by atoms with Gasteiger partial charge in [-0.05, 0) is 43.9 Å². The predicted octanol–water partition coefficient (Wildman–Crippen LogP) is 5.22. The van der Waals surface area contributed by atoms with Crippen molar-refractivity contribution in [3.05, 3.63) is 64.9 Å². The minimum absolute atomic E-state index is 0.0921. The summed E-state index contributed by atoms with van der Waals surface area (Å²) in [5.74, 6) is -1.34. The fourth-order valence-corrected chi connectivity index (χ4v) is 4.91. The molecule has 2 N–H and O–H groups in total. The lowest BCUT2D eigenvalue weighted by Crippen LogP contribution is -2.41. The molecule has 0 saturated heterocycles. The van der Waals surface area contributed by atoms with Crippen molar-refractivity contribution in [2.24, 2.45) is 0 Å². The molecule has 2 heterocycles. The van der Waals surface area contributed by atoms with Crippen molar-refractivity contribution in [2.75, 3.05) is 39.5 Å². The summed E-state index contributed by atoms with van der Waals surface area (Å²) < 4.78 is 63.3. The summed E-state index contributed by atoms with van der Waals surface area (Å²) >= 11 is 0. The largest absolute Gasteiger partial charge is 0.492 e. The standard InChI is InChI=1S/C26H29F4N3O/c27-9-3-10-31-11-13-34-17-14-20(28)23(21(29)15-17)25-24-19(18-4-1-2-5-22(18)32-24)6-12-33(25)16-26(30)7-8-26/h1-2,4-5,14-15,25,31-32H,3,6-13,16H2/t25-/m1/s1. The van der Waals surface area contributed by atoms with Gasteiger partial charge in [-0.1, -0.05) is 18.2 Å². The molecule has 182 valence electrons. The van der Waals surface area contributed by atoms with Gasteiger partial charge in [-0.2, -0.15) is 0 Å². The number of hydrogen-bond acceptors (Lipinski definition) is 3. The zero-order valence-electron chi connectivity index (χ0n) is 19.0. The first kappa shape index (κ1) is 23.2. The average Bonchev–Trinajstić information content (AvgIpc) is 3.42. The van der Waals surface area contributed by atoms with Crippen LogP contribution in [0.3, 0.4) is 0 Å². The zero-order valence-corrected chi connectivity index (χ0v) is 19.0. The SMILES string of the molecule is FCCCNCCOc1cc(F)c([C@@H]2c3[nH]c4ccccc4c3CCN2CC2(F)CC2)c(F)c1. The third-order valence-corrected chi connectivity index (χ3v) is 6.77. The Morgan fingerprint density at radius 2 is 1.88 bits per heavy atom. The Morgan fingerprint density at radius 1 is 1.12 bits per heavy atom. The lowest BCUT2D eigenvalue weighted by Gasteiger charge is -2.37. The first-order chi connectivity index (χ1) is 16.5. The van der Waals surface area contributed by atoms with Gasteiger partial charge in [-0.3, -0.25) is 9.29 Å². The molecule has 1 aromatic heterocycles. The second-order valence-corrected chi connectivity index (χ2v) is 9.28. The number of fused-ring (bicyclic) bond motifs is 3. The highest BCUT2D eigenvalue weighted by Gasteiger charge is 2.47. The fraction of sp³-hybridized carbons (Fsp3) is 0.462. The molecule has 1 aliphatic carbocycles. The van der Waals surface area contributed by atoms with Gasteiger partial charge in [0.2, 0.25) is 0 Å². The molecule has 8 heteroatoms. The molecule has 0 spiro atoms. The summed E-state index contributed by atoms with van der Waals surface area (Å²) in [6.45, 7) is 1.43. The molecule has 2 aromatic carbocycles. The van der Waals surface area contributed by atoms with E-state index in [0.29, 0.717) is 45.3 Å². The van der Waals surface area contributed by atoms with Crippen molar-refractivity contribution in [1.29, 1.82) is 0 Å². The van der Waals surface area contributed by atoms with E-state index in [4.69, 9.17) is 4.74 Å². The lowest BCUT2D eigenvalue weighted by atomic mass is 9.91. The summed E-state index contributed by atoms with van der Waals surface area (Å²) in [6, 6.07) is 9.43. The first-order valence-electron chi connectivity index (χ1n) is 11.9. The van der Waals surface area contributed by atoms with Crippen LogP contribution < -0.4 is 10.1 Å². The van der Waals surface area contributed by atoms with Crippen molar-refractivity contribution in [3.63, 3.8) is 0 Å². The van der Waals surface area contributed by atoms with Crippen LogP contribution in [-0.2, 0) is 6.42 Å². The Hall–Kier alpha value is -2.58. The number of para-hydroxylation sites is 1. The summed E-state index contributed by atoms with van der Waals surface area (Å²) in [5.41, 5.74) is 1.28. The number of nitrogens with one attached hydrogen (secondary N) is 2. The molecule has 5 rings (SSSR count). The van der Waals surface area contributed by atoms with E-state index in [1.807, 2.05) is 29.2 Å². The van der Waals surface area contributed by atoms with E-state index in [9.17, 15) is 8.78 Å². The molecule has 34 heavy (non-hydrogen) atoms. The van der Waals surface area contributed by atoms with Crippen LogP contribution in [0, 0.1) is 11.6 Å². The minimum Gasteiger partial charge on any atom is -0.492 e. The molecule has 0 amide bonds. The van der Waals surface area contributed by atoms with Crippen LogP contribution in [0.5, 0.6) is 5.75 Å². The van der Waals surface area contributed by atoms with Crippen LogP contribution in [0.2, 0.25) is 0 Å². The molecule has 1 aliphatic heterocycles. The van der Waals surface area contributed by atoms with Crippen molar-refractivity contribution >= 4 is 10.9 Å². The van der Waals surface area contributed by atoms with Gasteiger partial charge >= 0.3 is 0 Å². The second-order valence-electron chi connectivity index (χ2n) is 9.28. The van der Waals surface area contributed by atoms with Gasteiger partial charge in [-0.25, -0.2) is 13.2 Å². The molecule has 0 unspecified atom stereocenters. The summed E-state index contributed by atoms with van der Waals surface area (Å²) in [7, 11) is 0. The van der Waals surface area contributed by atoms with Crippen LogP contribution in [0.25, 0.3) is 10.9 Å². The smallest absolute Gasteiger partial charge is 0.135 e. The molecule has 1 saturated carbocycles. The number of H-pyrrole nitrogens is 1.